The van der Waals surface area contributed by atoms with E-state index in [4.69, 9.17) is 16.3 Å². The molecule has 4 aromatic carbocycles. The van der Waals surface area contributed by atoms with Crippen LogP contribution in [-0.4, -0.2) is 51.4 Å². The number of rotatable bonds is 14. The molecule has 0 aliphatic carbocycles. The fourth-order valence-corrected chi connectivity index (χ4v) is 6.76. The second-order valence-corrected chi connectivity index (χ2v) is 13.4. The van der Waals surface area contributed by atoms with Gasteiger partial charge < -0.3 is 15.0 Å². The number of carbonyl (C=O) groups is 2. The summed E-state index contributed by atoms with van der Waals surface area (Å²) in [6.07, 6.45) is 0.962. The Hall–Kier alpha value is -4.34. The van der Waals surface area contributed by atoms with Crippen LogP contribution in [0.25, 0.3) is 0 Å². The number of aryl methyl sites for hydroxylation is 2. The summed E-state index contributed by atoms with van der Waals surface area (Å²) in [5.41, 5.74) is 3.75. The first-order valence-electron chi connectivity index (χ1n) is 15.1. The topological polar surface area (TPSA) is 96.0 Å². The van der Waals surface area contributed by atoms with Gasteiger partial charge in [0.2, 0.25) is 11.8 Å². The van der Waals surface area contributed by atoms with E-state index >= 15 is 0 Å². The minimum atomic E-state index is -4.25. The zero-order valence-corrected chi connectivity index (χ0v) is 28.1. The van der Waals surface area contributed by atoms with E-state index in [1.54, 1.807) is 24.3 Å². The van der Waals surface area contributed by atoms with Crippen molar-refractivity contribution in [3.8, 4) is 5.75 Å². The number of halogens is 1. The van der Waals surface area contributed by atoms with Crippen LogP contribution in [0, 0.1) is 13.8 Å². The molecule has 1 N–H and O–H groups in total. The first-order chi connectivity index (χ1) is 22.0. The molecule has 0 saturated carbocycles. The fourth-order valence-electron chi connectivity index (χ4n) is 5.10. The molecule has 0 fully saturated rings. The molecule has 0 bridgehead atoms. The third kappa shape index (κ3) is 8.68. The van der Waals surface area contributed by atoms with Crippen molar-refractivity contribution in [3.63, 3.8) is 0 Å². The Morgan fingerprint density at radius 3 is 2.20 bits per heavy atom. The van der Waals surface area contributed by atoms with Crippen molar-refractivity contribution in [2.45, 2.75) is 51.1 Å². The summed E-state index contributed by atoms with van der Waals surface area (Å²) in [6, 6.07) is 27.2. The lowest BCUT2D eigenvalue weighted by atomic mass is 10.0. The molecule has 2 amide bonds. The average molecular weight is 662 g/mol. The predicted molar refractivity (Wildman–Crippen MR) is 183 cm³/mol. The van der Waals surface area contributed by atoms with E-state index in [0.717, 1.165) is 33.0 Å². The summed E-state index contributed by atoms with van der Waals surface area (Å²) < 4.78 is 34.7. The standard InChI is InChI=1S/C36H40ClN3O5S/c1-5-20-38-36(42)33(22-28-11-7-6-8-12-28)39(24-29-13-9-10-27(3)21-29)35(41)25-40(30-16-19-34(45-4)32(37)23-30)46(43,44)31-17-14-26(2)15-18-31/h6-19,21,23,33H,5,20,22,24-25H2,1-4H3,(H,38,42)/t33-/m1/s1. The van der Waals surface area contributed by atoms with Gasteiger partial charge >= 0.3 is 0 Å². The molecule has 0 saturated heterocycles. The number of ether oxygens (including phenoxy) is 1. The lowest BCUT2D eigenvalue weighted by molar-refractivity contribution is -0.140. The Morgan fingerprint density at radius 2 is 1.57 bits per heavy atom. The first kappa shape index (κ1) is 34.5. The number of nitrogens with one attached hydrogen (secondary N) is 1. The van der Waals surface area contributed by atoms with Crippen LogP contribution in [-0.2, 0) is 32.6 Å². The molecule has 0 aliphatic rings. The Bertz CT molecular complexity index is 1750. The molecule has 1 atom stereocenters. The van der Waals surface area contributed by atoms with Gasteiger partial charge in [-0.25, -0.2) is 8.42 Å². The van der Waals surface area contributed by atoms with Gasteiger partial charge in [-0.15, -0.1) is 0 Å². The highest BCUT2D eigenvalue weighted by Gasteiger charge is 2.34. The van der Waals surface area contributed by atoms with E-state index in [9.17, 15) is 18.0 Å². The van der Waals surface area contributed by atoms with Crippen LogP contribution in [0.15, 0.2) is 102 Å². The van der Waals surface area contributed by atoms with E-state index in [1.165, 1.54) is 30.2 Å². The second kappa shape index (κ2) is 15.8. The minimum Gasteiger partial charge on any atom is -0.495 e. The highest BCUT2D eigenvalue weighted by molar-refractivity contribution is 7.92. The number of nitrogens with zero attached hydrogens (tertiary/aromatic N) is 2. The number of benzene rings is 4. The van der Waals surface area contributed by atoms with Gasteiger partial charge in [-0.05, 0) is 61.7 Å². The molecule has 0 spiro atoms. The molecular formula is C36H40ClN3O5S. The molecule has 4 rings (SSSR count). The van der Waals surface area contributed by atoms with E-state index < -0.39 is 28.5 Å². The summed E-state index contributed by atoms with van der Waals surface area (Å²) in [5, 5.41) is 3.14. The van der Waals surface area contributed by atoms with Crippen LogP contribution in [0.5, 0.6) is 5.75 Å². The van der Waals surface area contributed by atoms with Crippen LogP contribution >= 0.6 is 11.6 Å². The largest absolute Gasteiger partial charge is 0.495 e. The van der Waals surface area contributed by atoms with Gasteiger partial charge in [0.15, 0.2) is 0 Å². The highest BCUT2D eigenvalue weighted by Crippen LogP contribution is 2.32. The molecule has 4 aromatic rings. The SMILES string of the molecule is CCCNC(=O)[C@@H](Cc1ccccc1)N(Cc1cccc(C)c1)C(=O)CN(c1ccc(OC)c(Cl)c1)S(=O)(=O)c1ccc(C)cc1. The van der Waals surface area contributed by atoms with Crippen molar-refractivity contribution >= 4 is 39.1 Å². The van der Waals surface area contributed by atoms with Crippen molar-refractivity contribution in [3.05, 3.63) is 124 Å². The van der Waals surface area contributed by atoms with Crippen molar-refractivity contribution in [2.75, 3.05) is 24.5 Å². The fraction of sp³-hybridized carbons (Fsp3) is 0.278. The van der Waals surface area contributed by atoms with Crippen molar-refractivity contribution < 1.29 is 22.7 Å². The summed E-state index contributed by atoms with van der Waals surface area (Å²) >= 11 is 6.45. The molecule has 0 radical (unpaired) electrons. The normalized spacial score (nSPS) is 11.8. The number of carbonyl (C=O) groups excluding carboxylic acids is 2. The van der Waals surface area contributed by atoms with Gasteiger partial charge in [0, 0.05) is 19.5 Å². The van der Waals surface area contributed by atoms with E-state index in [2.05, 4.69) is 5.32 Å². The Morgan fingerprint density at radius 1 is 0.870 bits per heavy atom. The lowest BCUT2D eigenvalue weighted by Crippen LogP contribution is -2.53. The van der Waals surface area contributed by atoms with Gasteiger partial charge in [-0.1, -0.05) is 96.4 Å². The molecule has 0 heterocycles. The Balaban J connectivity index is 1.82. The third-order valence-corrected chi connectivity index (χ3v) is 9.65. The van der Waals surface area contributed by atoms with Crippen LogP contribution in [0.3, 0.4) is 0 Å². The number of anilines is 1. The van der Waals surface area contributed by atoms with Gasteiger partial charge in [0.25, 0.3) is 10.0 Å². The molecule has 8 nitrogen and oxygen atoms in total. The second-order valence-electron chi connectivity index (χ2n) is 11.2. The third-order valence-electron chi connectivity index (χ3n) is 7.57. The monoisotopic (exact) mass is 661 g/mol. The molecule has 46 heavy (non-hydrogen) atoms. The van der Waals surface area contributed by atoms with Crippen molar-refractivity contribution in [1.82, 2.24) is 10.2 Å². The van der Waals surface area contributed by atoms with Crippen molar-refractivity contribution in [1.29, 1.82) is 0 Å². The zero-order chi connectivity index (χ0) is 33.3. The number of sulfonamides is 1. The Labute approximate surface area is 277 Å². The van der Waals surface area contributed by atoms with Crippen LogP contribution in [0.2, 0.25) is 5.02 Å². The van der Waals surface area contributed by atoms with Crippen molar-refractivity contribution in [2.24, 2.45) is 0 Å². The maximum Gasteiger partial charge on any atom is 0.264 e. The molecule has 0 aliphatic heterocycles. The van der Waals surface area contributed by atoms with Crippen LogP contribution < -0.4 is 14.4 Å². The van der Waals surface area contributed by atoms with Gasteiger partial charge in [0.05, 0.1) is 22.7 Å². The van der Waals surface area contributed by atoms with Gasteiger partial charge in [0.1, 0.15) is 18.3 Å². The number of hydrogen-bond acceptors (Lipinski definition) is 5. The smallest absolute Gasteiger partial charge is 0.264 e. The first-order valence-corrected chi connectivity index (χ1v) is 16.9. The number of amides is 2. The zero-order valence-electron chi connectivity index (χ0n) is 26.6. The highest BCUT2D eigenvalue weighted by atomic mass is 35.5. The molecule has 0 unspecified atom stereocenters. The summed E-state index contributed by atoms with van der Waals surface area (Å²) in [6.45, 7) is 5.73. The number of hydrogen-bond donors (Lipinski definition) is 1. The van der Waals surface area contributed by atoms with E-state index in [-0.39, 0.29) is 34.5 Å². The minimum absolute atomic E-state index is 0.0181. The maximum absolute atomic E-state index is 14.5. The Kier molecular flexibility index (Phi) is 11.8. The molecular weight excluding hydrogens is 622 g/mol. The van der Waals surface area contributed by atoms with E-state index in [0.29, 0.717) is 12.3 Å². The van der Waals surface area contributed by atoms with Crippen LogP contribution in [0.1, 0.15) is 35.6 Å². The molecule has 0 aromatic heterocycles. The maximum atomic E-state index is 14.5. The summed E-state index contributed by atoms with van der Waals surface area (Å²) in [4.78, 5) is 29.8. The summed E-state index contributed by atoms with van der Waals surface area (Å²) in [7, 11) is -2.79. The predicted octanol–water partition coefficient (Wildman–Crippen LogP) is 6.33. The average Bonchev–Trinajstić information content (AvgIpc) is 3.04. The van der Waals surface area contributed by atoms with Gasteiger partial charge in [-0.3, -0.25) is 13.9 Å². The quantitative estimate of drug-likeness (QED) is 0.171. The van der Waals surface area contributed by atoms with E-state index in [1.807, 2.05) is 75.4 Å². The van der Waals surface area contributed by atoms with Gasteiger partial charge in [-0.2, -0.15) is 0 Å². The molecule has 10 heteroatoms. The lowest BCUT2D eigenvalue weighted by Gasteiger charge is -2.34. The molecule has 242 valence electrons. The van der Waals surface area contributed by atoms with Crippen LogP contribution in [0.4, 0.5) is 5.69 Å². The summed E-state index contributed by atoms with van der Waals surface area (Å²) in [5.74, 6) is -0.495. The number of methoxy groups -OCH3 is 1.